The molecule has 3 rings (SSSR count). The number of rotatable bonds is 5. The predicted molar refractivity (Wildman–Crippen MR) is 97.9 cm³/mol. The molecule has 6 nitrogen and oxygen atoms in total. The maximum atomic E-state index is 12.2. The molecule has 6 heteroatoms. The molecule has 2 amide bonds. The zero-order valence-electron chi connectivity index (χ0n) is 14.6. The third-order valence-electron chi connectivity index (χ3n) is 4.51. The van der Waals surface area contributed by atoms with Crippen molar-refractivity contribution in [3.8, 4) is 5.75 Å². The highest BCUT2D eigenvalue weighted by molar-refractivity contribution is 6.39. The fourth-order valence-corrected chi connectivity index (χ4v) is 3.19. The average molecular weight is 354 g/mol. The second-order valence-corrected chi connectivity index (χ2v) is 6.25. The van der Waals surface area contributed by atoms with Gasteiger partial charge < -0.3 is 20.5 Å². The molecular weight excluding hydrogens is 332 g/mol. The molecule has 3 N–H and O–H groups in total. The SMILES string of the molecule is CCOc1ccccc1NC(=O)C(=O)NCC1(O)CCc2ccccc21. The summed E-state index contributed by atoms with van der Waals surface area (Å²) in [6.07, 6.45) is 1.26. The van der Waals surface area contributed by atoms with Gasteiger partial charge in [0.05, 0.1) is 18.8 Å². The molecule has 1 aliphatic rings. The van der Waals surface area contributed by atoms with E-state index in [1.807, 2.05) is 31.2 Å². The molecule has 0 heterocycles. The molecule has 136 valence electrons. The van der Waals surface area contributed by atoms with Crippen LogP contribution in [0.5, 0.6) is 5.75 Å². The average Bonchev–Trinajstić information content (AvgIpc) is 2.99. The highest BCUT2D eigenvalue weighted by Gasteiger charge is 2.37. The summed E-state index contributed by atoms with van der Waals surface area (Å²) in [6, 6.07) is 14.5. The lowest BCUT2D eigenvalue weighted by atomic mass is 9.96. The van der Waals surface area contributed by atoms with Gasteiger partial charge in [-0.1, -0.05) is 36.4 Å². The van der Waals surface area contributed by atoms with Crippen LogP contribution in [0.25, 0.3) is 0 Å². The van der Waals surface area contributed by atoms with Crippen molar-refractivity contribution in [2.24, 2.45) is 0 Å². The summed E-state index contributed by atoms with van der Waals surface area (Å²) in [7, 11) is 0. The van der Waals surface area contributed by atoms with Crippen molar-refractivity contribution in [1.82, 2.24) is 5.32 Å². The van der Waals surface area contributed by atoms with E-state index in [0.717, 1.165) is 17.5 Å². The minimum Gasteiger partial charge on any atom is -0.492 e. The van der Waals surface area contributed by atoms with Crippen molar-refractivity contribution in [3.63, 3.8) is 0 Å². The number of hydrogen-bond donors (Lipinski definition) is 3. The molecule has 2 aromatic rings. The molecule has 1 unspecified atom stereocenters. The molecule has 1 atom stereocenters. The number of para-hydroxylation sites is 2. The summed E-state index contributed by atoms with van der Waals surface area (Å²) in [5, 5.41) is 15.9. The predicted octanol–water partition coefficient (Wildman–Crippen LogP) is 1.97. The third kappa shape index (κ3) is 3.70. The van der Waals surface area contributed by atoms with Crippen molar-refractivity contribution in [1.29, 1.82) is 0 Å². The monoisotopic (exact) mass is 354 g/mol. The lowest BCUT2D eigenvalue weighted by Gasteiger charge is -2.24. The quantitative estimate of drug-likeness (QED) is 0.717. The molecule has 1 aliphatic carbocycles. The first kappa shape index (κ1) is 17.9. The second kappa shape index (κ2) is 7.58. The molecule has 2 aromatic carbocycles. The number of aliphatic hydroxyl groups is 1. The van der Waals surface area contributed by atoms with E-state index < -0.39 is 17.4 Å². The van der Waals surface area contributed by atoms with Gasteiger partial charge in [-0.3, -0.25) is 9.59 Å². The van der Waals surface area contributed by atoms with Gasteiger partial charge in [-0.15, -0.1) is 0 Å². The van der Waals surface area contributed by atoms with Crippen LogP contribution in [0.2, 0.25) is 0 Å². The van der Waals surface area contributed by atoms with Gasteiger partial charge in [0.2, 0.25) is 0 Å². The molecule has 0 spiro atoms. The zero-order valence-corrected chi connectivity index (χ0v) is 14.6. The van der Waals surface area contributed by atoms with Crippen LogP contribution in [-0.4, -0.2) is 30.1 Å². The maximum absolute atomic E-state index is 12.2. The van der Waals surface area contributed by atoms with Crippen LogP contribution in [0.15, 0.2) is 48.5 Å². The number of carbonyl (C=O) groups is 2. The standard InChI is InChI=1S/C20H22N2O4/c1-2-26-17-10-6-5-9-16(17)22-19(24)18(23)21-13-20(25)12-11-14-7-3-4-8-15(14)20/h3-10,25H,2,11-13H2,1H3,(H,21,23)(H,22,24). The summed E-state index contributed by atoms with van der Waals surface area (Å²) in [6.45, 7) is 2.28. The summed E-state index contributed by atoms with van der Waals surface area (Å²) < 4.78 is 5.43. The largest absolute Gasteiger partial charge is 0.492 e. The lowest BCUT2D eigenvalue weighted by molar-refractivity contribution is -0.136. The summed E-state index contributed by atoms with van der Waals surface area (Å²) in [4.78, 5) is 24.3. The molecular formula is C20H22N2O4. The van der Waals surface area contributed by atoms with Gasteiger partial charge in [0.1, 0.15) is 11.4 Å². The number of ether oxygens (including phenoxy) is 1. The van der Waals surface area contributed by atoms with Crippen molar-refractivity contribution < 1.29 is 19.4 Å². The van der Waals surface area contributed by atoms with E-state index in [-0.39, 0.29) is 6.54 Å². The van der Waals surface area contributed by atoms with Gasteiger partial charge in [0, 0.05) is 0 Å². The number of fused-ring (bicyclic) bond motifs is 1. The molecule has 0 bridgehead atoms. The van der Waals surface area contributed by atoms with E-state index in [4.69, 9.17) is 4.74 Å². The lowest BCUT2D eigenvalue weighted by Crippen LogP contribution is -2.43. The first-order valence-electron chi connectivity index (χ1n) is 8.65. The Balaban J connectivity index is 1.62. The Bertz CT molecular complexity index is 821. The van der Waals surface area contributed by atoms with E-state index >= 15 is 0 Å². The topological polar surface area (TPSA) is 87.7 Å². The zero-order chi connectivity index (χ0) is 18.6. The van der Waals surface area contributed by atoms with Gasteiger partial charge >= 0.3 is 11.8 Å². The Morgan fingerprint density at radius 3 is 2.65 bits per heavy atom. The minimum absolute atomic E-state index is 0.0105. The smallest absolute Gasteiger partial charge is 0.313 e. The first-order chi connectivity index (χ1) is 12.5. The number of anilines is 1. The highest BCUT2D eigenvalue weighted by Crippen LogP contribution is 2.36. The molecule has 26 heavy (non-hydrogen) atoms. The third-order valence-corrected chi connectivity index (χ3v) is 4.51. The number of benzene rings is 2. The number of amides is 2. The van der Waals surface area contributed by atoms with E-state index in [9.17, 15) is 14.7 Å². The number of hydrogen-bond acceptors (Lipinski definition) is 4. The van der Waals surface area contributed by atoms with Gasteiger partial charge in [0.15, 0.2) is 0 Å². The van der Waals surface area contributed by atoms with Crippen LogP contribution in [0.1, 0.15) is 24.5 Å². The van der Waals surface area contributed by atoms with E-state index in [0.29, 0.717) is 24.5 Å². The Morgan fingerprint density at radius 2 is 1.85 bits per heavy atom. The molecule has 0 aromatic heterocycles. The van der Waals surface area contributed by atoms with E-state index in [1.165, 1.54) is 0 Å². The van der Waals surface area contributed by atoms with Crippen molar-refractivity contribution >= 4 is 17.5 Å². The number of aryl methyl sites for hydroxylation is 1. The fraction of sp³-hybridized carbons (Fsp3) is 0.300. The van der Waals surface area contributed by atoms with Gasteiger partial charge in [0.25, 0.3) is 0 Å². The van der Waals surface area contributed by atoms with Crippen molar-refractivity contribution in [3.05, 3.63) is 59.7 Å². The van der Waals surface area contributed by atoms with Gasteiger partial charge in [-0.2, -0.15) is 0 Å². The molecule has 0 radical (unpaired) electrons. The minimum atomic E-state index is -1.14. The summed E-state index contributed by atoms with van der Waals surface area (Å²) in [5.41, 5.74) is 1.16. The Labute approximate surface area is 152 Å². The van der Waals surface area contributed by atoms with E-state index in [2.05, 4.69) is 10.6 Å². The highest BCUT2D eigenvalue weighted by atomic mass is 16.5. The first-order valence-corrected chi connectivity index (χ1v) is 8.65. The fourth-order valence-electron chi connectivity index (χ4n) is 3.19. The maximum Gasteiger partial charge on any atom is 0.313 e. The molecule has 0 fully saturated rings. The van der Waals surface area contributed by atoms with Crippen LogP contribution in [0, 0.1) is 0 Å². The molecule has 0 aliphatic heterocycles. The van der Waals surface area contributed by atoms with Crippen LogP contribution >= 0.6 is 0 Å². The second-order valence-electron chi connectivity index (χ2n) is 6.25. The Morgan fingerprint density at radius 1 is 1.12 bits per heavy atom. The molecule has 0 saturated carbocycles. The van der Waals surface area contributed by atoms with Crippen LogP contribution in [0.3, 0.4) is 0 Å². The Hall–Kier alpha value is -2.86. The normalized spacial score (nSPS) is 18.1. The number of nitrogens with one attached hydrogen (secondary N) is 2. The number of carbonyl (C=O) groups excluding carboxylic acids is 2. The van der Waals surface area contributed by atoms with Gasteiger partial charge in [-0.25, -0.2) is 0 Å². The van der Waals surface area contributed by atoms with Crippen LogP contribution < -0.4 is 15.4 Å². The summed E-state index contributed by atoms with van der Waals surface area (Å²) >= 11 is 0. The summed E-state index contributed by atoms with van der Waals surface area (Å²) in [5.74, 6) is -1.10. The van der Waals surface area contributed by atoms with Crippen molar-refractivity contribution in [2.45, 2.75) is 25.4 Å². The van der Waals surface area contributed by atoms with Crippen LogP contribution in [0.4, 0.5) is 5.69 Å². The van der Waals surface area contributed by atoms with Crippen molar-refractivity contribution in [2.75, 3.05) is 18.5 Å². The van der Waals surface area contributed by atoms with Crippen LogP contribution in [-0.2, 0) is 21.6 Å². The Kier molecular flexibility index (Phi) is 5.23. The van der Waals surface area contributed by atoms with Gasteiger partial charge in [-0.05, 0) is 43.0 Å². The van der Waals surface area contributed by atoms with E-state index in [1.54, 1.807) is 24.3 Å². The molecule has 0 saturated heterocycles.